The third-order valence-corrected chi connectivity index (χ3v) is 4.46. The molecule has 0 spiro atoms. The zero-order valence-electron chi connectivity index (χ0n) is 15.9. The van der Waals surface area contributed by atoms with E-state index in [9.17, 15) is 15.2 Å². The van der Waals surface area contributed by atoms with E-state index in [1.165, 1.54) is 6.07 Å². The van der Waals surface area contributed by atoms with Crippen molar-refractivity contribution in [2.75, 3.05) is 19.0 Å². The Morgan fingerprint density at radius 3 is 2.24 bits per heavy atom. The number of nitro groups is 1. The first kappa shape index (κ1) is 20.2. The Morgan fingerprint density at radius 1 is 0.966 bits per heavy atom. The van der Waals surface area contributed by atoms with E-state index in [4.69, 9.17) is 9.47 Å². The minimum Gasteiger partial charge on any atom is -0.497 e. The lowest BCUT2D eigenvalue weighted by Gasteiger charge is -2.28. The second-order valence-electron chi connectivity index (χ2n) is 6.32. The number of nitro benzene ring substituents is 1. The summed E-state index contributed by atoms with van der Waals surface area (Å²) in [6, 6.07) is 22.0. The third-order valence-electron chi connectivity index (χ3n) is 4.46. The van der Waals surface area contributed by atoms with Crippen molar-refractivity contribution in [3.63, 3.8) is 0 Å². The maximum atomic E-state index is 11.6. The number of aliphatic hydroxyl groups excluding tert-OH is 1. The molecule has 0 aliphatic heterocycles. The van der Waals surface area contributed by atoms with E-state index in [2.05, 4.69) is 5.32 Å². The van der Waals surface area contributed by atoms with Crippen LogP contribution in [0.3, 0.4) is 0 Å². The van der Waals surface area contributed by atoms with Gasteiger partial charge in [-0.1, -0.05) is 30.3 Å². The third kappa shape index (κ3) is 5.03. The van der Waals surface area contributed by atoms with Crippen LogP contribution in [-0.4, -0.2) is 29.9 Å². The van der Waals surface area contributed by atoms with Crippen molar-refractivity contribution < 1.29 is 19.5 Å². The number of nitrogens with zero attached hydrogens (tertiary/aromatic N) is 1. The molecule has 3 aromatic carbocycles. The Labute approximate surface area is 168 Å². The number of ether oxygens (including phenoxy) is 2. The normalized spacial score (nSPS) is 12.6. The molecule has 2 atom stereocenters. The summed E-state index contributed by atoms with van der Waals surface area (Å²) >= 11 is 0. The highest BCUT2D eigenvalue weighted by atomic mass is 16.6. The van der Waals surface area contributed by atoms with Crippen LogP contribution in [0.25, 0.3) is 0 Å². The number of anilines is 1. The molecule has 0 aliphatic rings. The van der Waals surface area contributed by atoms with Crippen LogP contribution < -0.4 is 14.8 Å². The van der Waals surface area contributed by atoms with E-state index >= 15 is 0 Å². The Bertz CT molecular complexity index is 931. The molecular formula is C22H22N2O5. The van der Waals surface area contributed by atoms with Gasteiger partial charge in [0.25, 0.3) is 5.69 Å². The number of hydrogen-bond donors (Lipinski definition) is 2. The predicted octanol–water partition coefficient (Wildman–Crippen LogP) is 4.20. The molecule has 2 N–H and O–H groups in total. The van der Waals surface area contributed by atoms with Gasteiger partial charge in [0.1, 0.15) is 17.6 Å². The quantitative estimate of drug-likeness (QED) is 0.417. The number of methoxy groups -OCH3 is 1. The smallest absolute Gasteiger partial charge is 0.274 e. The van der Waals surface area contributed by atoms with Gasteiger partial charge >= 0.3 is 0 Å². The number of nitrogens with one attached hydrogen (secondary N) is 1. The van der Waals surface area contributed by atoms with Gasteiger partial charge in [0.15, 0.2) is 0 Å². The van der Waals surface area contributed by atoms with E-state index in [1.807, 2.05) is 18.2 Å². The predicted molar refractivity (Wildman–Crippen MR) is 110 cm³/mol. The summed E-state index contributed by atoms with van der Waals surface area (Å²) in [6.07, 6.45) is -0.763. The van der Waals surface area contributed by atoms with Crippen LogP contribution in [0.2, 0.25) is 0 Å². The lowest BCUT2D eigenvalue weighted by atomic mass is 9.99. The molecule has 0 bridgehead atoms. The molecule has 29 heavy (non-hydrogen) atoms. The van der Waals surface area contributed by atoms with Crippen molar-refractivity contribution in [3.05, 3.63) is 94.5 Å². The highest BCUT2D eigenvalue weighted by Crippen LogP contribution is 2.32. The highest BCUT2D eigenvalue weighted by molar-refractivity contribution is 5.52. The standard InChI is InChI=1S/C22H22N2O5/c1-28-17-13-11-16(12-14-17)23-22(19-9-5-6-10-20(19)24(26)27)21(15-25)29-18-7-3-2-4-8-18/h2-14,21-23,25H,15H2,1H3/t21-,22-/m1/s1. The van der Waals surface area contributed by atoms with Gasteiger partial charge in [-0.25, -0.2) is 0 Å². The SMILES string of the molecule is COc1ccc(N[C@H](c2ccccc2[N+](=O)[O-])[C@@H](CO)Oc2ccccc2)cc1. The molecule has 0 radical (unpaired) electrons. The van der Waals surface area contributed by atoms with Crippen molar-refractivity contribution in [1.29, 1.82) is 0 Å². The summed E-state index contributed by atoms with van der Waals surface area (Å²) in [6.45, 7) is -0.339. The summed E-state index contributed by atoms with van der Waals surface area (Å²) < 4.78 is 11.1. The van der Waals surface area contributed by atoms with Gasteiger partial charge in [0.05, 0.1) is 30.2 Å². The van der Waals surface area contributed by atoms with Crippen LogP contribution in [0, 0.1) is 10.1 Å². The van der Waals surface area contributed by atoms with Gasteiger partial charge in [-0.15, -0.1) is 0 Å². The Hall–Kier alpha value is -3.58. The minimum absolute atomic E-state index is 0.0476. The highest BCUT2D eigenvalue weighted by Gasteiger charge is 2.30. The Balaban J connectivity index is 1.98. The van der Waals surface area contributed by atoms with Gasteiger partial charge in [-0.05, 0) is 42.5 Å². The number of benzene rings is 3. The number of para-hydroxylation sites is 2. The molecule has 150 valence electrons. The Kier molecular flexibility index (Phi) is 6.65. The lowest BCUT2D eigenvalue weighted by molar-refractivity contribution is -0.385. The zero-order valence-corrected chi connectivity index (χ0v) is 15.9. The summed E-state index contributed by atoms with van der Waals surface area (Å²) in [5.74, 6) is 1.25. The Morgan fingerprint density at radius 2 is 1.62 bits per heavy atom. The largest absolute Gasteiger partial charge is 0.497 e. The van der Waals surface area contributed by atoms with E-state index in [1.54, 1.807) is 61.7 Å². The van der Waals surface area contributed by atoms with Gasteiger partial charge < -0.3 is 19.9 Å². The maximum Gasteiger partial charge on any atom is 0.274 e. The molecular weight excluding hydrogens is 372 g/mol. The summed E-state index contributed by atoms with van der Waals surface area (Å²) in [5.41, 5.74) is 1.08. The van der Waals surface area contributed by atoms with Crippen molar-refractivity contribution in [3.8, 4) is 11.5 Å². The van der Waals surface area contributed by atoms with Crippen LogP contribution in [0.5, 0.6) is 11.5 Å². The van der Waals surface area contributed by atoms with E-state index in [0.29, 0.717) is 22.7 Å². The fraction of sp³-hybridized carbons (Fsp3) is 0.182. The van der Waals surface area contributed by atoms with Crippen molar-refractivity contribution in [2.45, 2.75) is 12.1 Å². The van der Waals surface area contributed by atoms with E-state index in [0.717, 1.165) is 0 Å². The minimum atomic E-state index is -0.763. The van der Waals surface area contributed by atoms with Crippen LogP contribution in [-0.2, 0) is 0 Å². The van der Waals surface area contributed by atoms with Crippen LogP contribution in [0.4, 0.5) is 11.4 Å². The monoisotopic (exact) mass is 394 g/mol. The first-order valence-electron chi connectivity index (χ1n) is 9.09. The molecule has 0 unspecified atom stereocenters. The summed E-state index contributed by atoms with van der Waals surface area (Å²) in [4.78, 5) is 11.2. The van der Waals surface area contributed by atoms with E-state index < -0.39 is 17.1 Å². The molecule has 0 heterocycles. The molecule has 0 saturated heterocycles. The van der Waals surface area contributed by atoms with Crippen molar-refractivity contribution in [2.24, 2.45) is 0 Å². The lowest BCUT2D eigenvalue weighted by Crippen LogP contribution is -2.34. The first-order valence-corrected chi connectivity index (χ1v) is 9.09. The molecule has 3 rings (SSSR count). The summed E-state index contributed by atoms with van der Waals surface area (Å²) in [5, 5.41) is 24.9. The van der Waals surface area contributed by atoms with Crippen LogP contribution in [0.1, 0.15) is 11.6 Å². The molecule has 0 aromatic heterocycles. The van der Waals surface area contributed by atoms with Gasteiger partial charge in [0.2, 0.25) is 0 Å². The average molecular weight is 394 g/mol. The van der Waals surface area contributed by atoms with Crippen LogP contribution in [0.15, 0.2) is 78.9 Å². The van der Waals surface area contributed by atoms with Crippen molar-refractivity contribution in [1.82, 2.24) is 0 Å². The topological polar surface area (TPSA) is 93.9 Å². The fourth-order valence-corrected chi connectivity index (χ4v) is 3.04. The molecule has 7 nitrogen and oxygen atoms in total. The number of rotatable bonds is 9. The molecule has 3 aromatic rings. The molecule has 0 fully saturated rings. The van der Waals surface area contributed by atoms with E-state index in [-0.39, 0.29) is 12.3 Å². The van der Waals surface area contributed by atoms with Gasteiger partial charge in [-0.2, -0.15) is 0 Å². The number of hydrogen-bond acceptors (Lipinski definition) is 6. The second kappa shape index (κ2) is 9.57. The second-order valence-corrected chi connectivity index (χ2v) is 6.32. The number of aliphatic hydroxyl groups is 1. The van der Waals surface area contributed by atoms with Gasteiger partial charge in [-0.3, -0.25) is 10.1 Å². The molecule has 0 saturated carbocycles. The molecule has 0 aliphatic carbocycles. The van der Waals surface area contributed by atoms with Crippen molar-refractivity contribution >= 4 is 11.4 Å². The molecule has 7 heteroatoms. The first-order chi connectivity index (χ1) is 14.1. The molecule has 0 amide bonds. The zero-order chi connectivity index (χ0) is 20.6. The maximum absolute atomic E-state index is 11.6. The van der Waals surface area contributed by atoms with Gasteiger partial charge in [0, 0.05) is 11.8 Å². The fourth-order valence-electron chi connectivity index (χ4n) is 3.04. The average Bonchev–Trinajstić information content (AvgIpc) is 2.77. The summed E-state index contributed by atoms with van der Waals surface area (Å²) in [7, 11) is 1.58. The van der Waals surface area contributed by atoms with Crippen LogP contribution >= 0.6 is 0 Å².